The van der Waals surface area contributed by atoms with Gasteiger partial charge in [-0.2, -0.15) is 13.2 Å². The van der Waals surface area contributed by atoms with Crippen LogP contribution in [0.3, 0.4) is 0 Å². The van der Waals surface area contributed by atoms with E-state index in [0.29, 0.717) is 17.9 Å². The first-order valence-corrected chi connectivity index (χ1v) is 13.9. The lowest BCUT2D eigenvalue weighted by atomic mass is 9.96. The second-order valence-corrected chi connectivity index (χ2v) is 9.86. The fourth-order valence-electron chi connectivity index (χ4n) is 3.98. The Balaban J connectivity index is 2.08. The fraction of sp³-hybridized carbons (Fsp3) is 0.438. The number of alkyl halides is 3. The van der Waals surface area contributed by atoms with E-state index in [1.54, 1.807) is 18.2 Å². The lowest BCUT2D eigenvalue weighted by Gasteiger charge is -2.14. The molecule has 0 saturated heterocycles. The van der Waals surface area contributed by atoms with E-state index in [4.69, 9.17) is 29.2 Å². The first kappa shape index (κ1) is 35.4. The van der Waals surface area contributed by atoms with Crippen LogP contribution in [0.25, 0.3) is 11.1 Å². The highest BCUT2D eigenvalue weighted by Crippen LogP contribution is 2.32. The molecule has 0 aliphatic carbocycles. The molecule has 2 N–H and O–H groups in total. The molecule has 0 bridgehead atoms. The molecule has 43 heavy (non-hydrogen) atoms. The quantitative estimate of drug-likeness (QED) is 0.119. The van der Waals surface area contributed by atoms with Gasteiger partial charge in [-0.3, -0.25) is 0 Å². The summed E-state index contributed by atoms with van der Waals surface area (Å²) in [6, 6.07) is 11.2. The zero-order chi connectivity index (χ0) is 31.8. The van der Waals surface area contributed by atoms with Crippen molar-refractivity contribution in [2.45, 2.75) is 51.6 Å². The van der Waals surface area contributed by atoms with Crippen LogP contribution in [0.5, 0.6) is 11.5 Å². The van der Waals surface area contributed by atoms with Crippen LogP contribution >= 0.6 is 0 Å². The summed E-state index contributed by atoms with van der Waals surface area (Å²) in [5, 5.41) is 18.0. The molecule has 236 valence electrons. The van der Waals surface area contributed by atoms with Crippen molar-refractivity contribution in [3.63, 3.8) is 0 Å². The van der Waals surface area contributed by atoms with E-state index < -0.39 is 37.7 Å². The minimum Gasteiger partial charge on any atom is -0.490 e. The van der Waals surface area contributed by atoms with Gasteiger partial charge in [0.1, 0.15) is 37.9 Å². The van der Waals surface area contributed by atoms with Crippen LogP contribution in [-0.2, 0) is 25.5 Å². The van der Waals surface area contributed by atoms with Gasteiger partial charge in [0.15, 0.2) is 0 Å². The van der Waals surface area contributed by atoms with Gasteiger partial charge in [0.25, 0.3) is 0 Å². The van der Waals surface area contributed by atoms with Crippen molar-refractivity contribution in [3.8, 4) is 22.6 Å². The average molecular weight is 609 g/mol. The summed E-state index contributed by atoms with van der Waals surface area (Å²) in [6.45, 7) is 7.67. The summed E-state index contributed by atoms with van der Waals surface area (Å²) in [5.41, 5.74) is 3.65. The molecule has 0 spiro atoms. The van der Waals surface area contributed by atoms with E-state index in [1.807, 2.05) is 25.1 Å². The average Bonchev–Trinajstić information content (AvgIpc) is 2.98. The SMILES string of the molecule is C=C(CO)C(=O)OCCOc1cc(OCCOC(=O)C(=C)CO)cc(-c2ccc(CCCCCCC(F)(F)F)c(C)c2)c1. The van der Waals surface area contributed by atoms with E-state index in [0.717, 1.165) is 41.5 Å². The molecule has 0 heterocycles. The number of halogens is 3. The first-order chi connectivity index (χ1) is 20.4. The zero-order valence-electron chi connectivity index (χ0n) is 24.3. The molecule has 0 amide bonds. The highest BCUT2D eigenvalue weighted by Gasteiger charge is 2.25. The van der Waals surface area contributed by atoms with Crippen molar-refractivity contribution < 1.29 is 51.9 Å². The molecule has 0 aromatic heterocycles. The topological polar surface area (TPSA) is 112 Å². The van der Waals surface area contributed by atoms with Crippen LogP contribution in [0.1, 0.15) is 43.2 Å². The number of aryl methyl sites for hydroxylation is 2. The van der Waals surface area contributed by atoms with Crippen molar-refractivity contribution in [3.05, 3.63) is 71.8 Å². The Hall–Kier alpha value is -3.83. The molecule has 0 fully saturated rings. The second kappa shape index (κ2) is 18.0. The number of hydrogen-bond donors (Lipinski definition) is 2. The first-order valence-electron chi connectivity index (χ1n) is 13.9. The zero-order valence-corrected chi connectivity index (χ0v) is 24.3. The van der Waals surface area contributed by atoms with Crippen molar-refractivity contribution in [1.82, 2.24) is 0 Å². The molecular weight excluding hydrogens is 569 g/mol. The van der Waals surface area contributed by atoms with E-state index in [-0.39, 0.29) is 44.0 Å². The predicted molar refractivity (Wildman–Crippen MR) is 155 cm³/mol. The number of ether oxygens (including phenoxy) is 4. The van der Waals surface area contributed by atoms with Crippen LogP contribution in [0.4, 0.5) is 13.2 Å². The molecular formula is C32H39F3O8. The number of benzene rings is 2. The van der Waals surface area contributed by atoms with Crippen molar-refractivity contribution in [2.75, 3.05) is 39.6 Å². The molecule has 0 saturated carbocycles. The number of rotatable bonds is 19. The van der Waals surface area contributed by atoms with E-state index in [1.165, 1.54) is 0 Å². The lowest BCUT2D eigenvalue weighted by Crippen LogP contribution is -2.15. The molecule has 0 aliphatic heterocycles. The largest absolute Gasteiger partial charge is 0.490 e. The van der Waals surface area contributed by atoms with Crippen LogP contribution in [0.15, 0.2) is 60.7 Å². The summed E-state index contributed by atoms with van der Waals surface area (Å²) in [7, 11) is 0. The second-order valence-electron chi connectivity index (χ2n) is 9.86. The minimum atomic E-state index is -4.11. The maximum absolute atomic E-state index is 12.3. The normalized spacial score (nSPS) is 11.1. The summed E-state index contributed by atoms with van der Waals surface area (Å²) in [5.74, 6) is -0.593. The third-order valence-electron chi connectivity index (χ3n) is 6.34. The van der Waals surface area contributed by atoms with Gasteiger partial charge in [-0.1, -0.05) is 44.2 Å². The van der Waals surface area contributed by atoms with Crippen LogP contribution in [0, 0.1) is 6.92 Å². The summed E-state index contributed by atoms with van der Waals surface area (Å²) < 4.78 is 58.6. The Kier molecular flexibility index (Phi) is 14.8. The van der Waals surface area contributed by atoms with Gasteiger partial charge >= 0.3 is 18.1 Å². The van der Waals surface area contributed by atoms with E-state index >= 15 is 0 Å². The monoisotopic (exact) mass is 608 g/mol. The van der Waals surface area contributed by atoms with Gasteiger partial charge < -0.3 is 29.2 Å². The number of hydrogen-bond acceptors (Lipinski definition) is 8. The molecule has 0 aliphatic rings. The number of carbonyl (C=O) groups is 2. The molecule has 0 atom stereocenters. The van der Waals surface area contributed by atoms with Crippen molar-refractivity contribution >= 4 is 11.9 Å². The number of aliphatic hydroxyl groups is 2. The van der Waals surface area contributed by atoms with Crippen molar-refractivity contribution in [2.24, 2.45) is 0 Å². The van der Waals surface area contributed by atoms with Gasteiger partial charge in [0.05, 0.1) is 24.4 Å². The number of carbonyl (C=O) groups excluding carboxylic acids is 2. The molecule has 2 rings (SSSR count). The number of aliphatic hydroxyl groups excluding tert-OH is 2. The maximum atomic E-state index is 12.3. The third kappa shape index (κ3) is 13.3. The maximum Gasteiger partial charge on any atom is 0.389 e. The Morgan fingerprint density at radius 3 is 1.77 bits per heavy atom. The van der Waals surface area contributed by atoms with Gasteiger partial charge in [-0.25, -0.2) is 9.59 Å². The summed E-state index contributed by atoms with van der Waals surface area (Å²) >= 11 is 0. The van der Waals surface area contributed by atoms with Gasteiger partial charge in [0.2, 0.25) is 0 Å². The Morgan fingerprint density at radius 1 is 0.744 bits per heavy atom. The van der Waals surface area contributed by atoms with Gasteiger partial charge in [-0.15, -0.1) is 0 Å². The summed E-state index contributed by atoms with van der Waals surface area (Å²) in [6.07, 6.45) is -1.88. The van der Waals surface area contributed by atoms with Gasteiger partial charge in [-0.05, 0) is 60.6 Å². The van der Waals surface area contributed by atoms with Crippen LogP contribution in [-0.4, -0.2) is 68.0 Å². The number of esters is 2. The van der Waals surface area contributed by atoms with E-state index in [2.05, 4.69) is 13.2 Å². The predicted octanol–water partition coefficient (Wildman–Crippen LogP) is 5.66. The third-order valence-corrected chi connectivity index (χ3v) is 6.34. The Labute approximate surface area is 249 Å². The Bertz CT molecular complexity index is 1190. The van der Waals surface area contributed by atoms with Crippen molar-refractivity contribution in [1.29, 1.82) is 0 Å². The highest BCUT2D eigenvalue weighted by atomic mass is 19.4. The smallest absolute Gasteiger partial charge is 0.389 e. The standard InChI is InChI=1S/C32H39F3O8/c1-22-16-26(10-9-25(22)8-6-4-5-7-11-32(33,34)35)27-17-28(40-12-14-42-30(38)23(2)20-36)19-29(18-27)41-13-15-43-31(39)24(3)21-37/h9-10,16-19,36-37H,2-8,11-15,20-21H2,1H3. The highest BCUT2D eigenvalue weighted by molar-refractivity contribution is 5.88. The molecule has 2 aromatic carbocycles. The minimum absolute atomic E-state index is 0.0230. The molecule has 8 nitrogen and oxygen atoms in total. The molecule has 2 aromatic rings. The fourth-order valence-corrected chi connectivity index (χ4v) is 3.98. The number of unbranched alkanes of at least 4 members (excludes halogenated alkanes) is 3. The van der Waals surface area contributed by atoms with Gasteiger partial charge in [0, 0.05) is 12.5 Å². The molecule has 0 unspecified atom stereocenters. The Morgan fingerprint density at radius 2 is 1.28 bits per heavy atom. The molecule has 0 radical (unpaired) electrons. The van der Waals surface area contributed by atoms with E-state index in [9.17, 15) is 22.8 Å². The van der Waals surface area contributed by atoms with Crippen LogP contribution in [0.2, 0.25) is 0 Å². The molecule has 11 heteroatoms. The summed E-state index contributed by atoms with van der Waals surface area (Å²) in [4.78, 5) is 23.4. The lowest BCUT2D eigenvalue weighted by molar-refractivity contribution is -0.141. The van der Waals surface area contributed by atoms with Crippen LogP contribution < -0.4 is 9.47 Å².